The number of nitrogens with zero attached hydrogens (tertiary/aromatic N) is 2. The highest BCUT2D eigenvalue weighted by Crippen LogP contribution is 2.22. The quantitative estimate of drug-likeness (QED) is 0.313. The van der Waals surface area contributed by atoms with Crippen LogP contribution in [0.3, 0.4) is 0 Å². The maximum absolute atomic E-state index is 13.2. The summed E-state index contributed by atoms with van der Waals surface area (Å²) in [5.74, 6) is -0.413. The van der Waals surface area contributed by atoms with Gasteiger partial charge in [0.25, 0.3) is 0 Å². The monoisotopic (exact) mass is 534 g/mol. The second-order valence-corrected chi connectivity index (χ2v) is 10.4. The van der Waals surface area contributed by atoms with Crippen LogP contribution in [0.2, 0.25) is 0 Å². The molecule has 0 bridgehead atoms. The van der Waals surface area contributed by atoms with Gasteiger partial charge in [0.15, 0.2) is 5.78 Å². The average Bonchev–Trinajstić information content (AvgIpc) is 3.38. The molecule has 9 nitrogen and oxygen atoms in total. The molecule has 39 heavy (non-hydrogen) atoms. The Kier molecular flexibility index (Phi) is 10.7. The summed E-state index contributed by atoms with van der Waals surface area (Å²) >= 11 is 0. The highest BCUT2D eigenvalue weighted by Gasteiger charge is 2.35. The Morgan fingerprint density at radius 2 is 1.69 bits per heavy atom. The molecule has 0 spiro atoms. The Balaban J connectivity index is 1.71. The SMILES string of the molecule is CC(C)(C)OC(=O)N1CCC[C@H]1CN(CC(=O)/C(C=N)=C/NCc1ccccc1)C(=O)OCc1ccccc1. The third-order valence-corrected chi connectivity index (χ3v) is 6.12. The summed E-state index contributed by atoms with van der Waals surface area (Å²) < 4.78 is 11.1. The molecule has 3 rings (SSSR count). The lowest BCUT2D eigenvalue weighted by Crippen LogP contribution is -2.48. The molecule has 0 aliphatic carbocycles. The molecule has 208 valence electrons. The van der Waals surface area contributed by atoms with Crippen LogP contribution in [0, 0.1) is 5.41 Å². The number of hydrogen-bond acceptors (Lipinski definition) is 7. The van der Waals surface area contributed by atoms with Crippen molar-refractivity contribution in [2.75, 3.05) is 19.6 Å². The number of Topliss-reactive ketones (excluding diaryl/α,β-unsaturated/α-hetero) is 1. The molecular formula is C30H38N4O5. The lowest BCUT2D eigenvalue weighted by Gasteiger charge is -2.31. The van der Waals surface area contributed by atoms with E-state index in [1.54, 1.807) is 25.7 Å². The lowest BCUT2D eigenvalue weighted by atomic mass is 10.1. The number of carbonyl (C=O) groups is 3. The zero-order chi connectivity index (χ0) is 28.3. The van der Waals surface area contributed by atoms with E-state index in [0.717, 1.165) is 23.8 Å². The van der Waals surface area contributed by atoms with E-state index in [4.69, 9.17) is 14.9 Å². The predicted octanol–water partition coefficient (Wildman–Crippen LogP) is 4.92. The van der Waals surface area contributed by atoms with Crippen LogP contribution in [0.25, 0.3) is 0 Å². The molecule has 1 saturated heterocycles. The Bertz CT molecular complexity index is 1140. The van der Waals surface area contributed by atoms with E-state index in [1.807, 2.05) is 60.7 Å². The van der Waals surface area contributed by atoms with E-state index in [1.165, 1.54) is 11.1 Å². The van der Waals surface area contributed by atoms with Gasteiger partial charge in [0, 0.05) is 32.0 Å². The van der Waals surface area contributed by atoms with Crippen LogP contribution in [0.5, 0.6) is 0 Å². The van der Waals surface area contributed by atoms with Gasteiger partial charge in [-0.25, -0.2) is 9.59 Å². The highest BCUT2D eigenvalue weighted by molar-refractivity contribution is 6.13. The number of rotatable bonds is 11. The fourth-order valence-electron chi connectivity index (χ4n) is 4.20. The fraction of sp³-hybridized carbons (Fsp3) is 0.400. The Morgan fingerprint density at radius 1 is 1.05 bits per heavy atom. The minimum Gasteiger partial charge on any atom is -0.445 e. The van der Waals surface area contributed by atoms with Crippen LogP contribution >= 0.6 is 0 Å². The first-order valence-corrected chi connectivity index (χ1v) is 13.1. The van der Waals surface area contributed by atoms with E-state index in [2.05, 4.69) is 5.32 Å². The molecule has 0 unspecified atom stereocenters. The third kappa shape index (κ3) is 9.59. The predicted molar refractivity (Wildman–Crippen MR) is 149 cm³/mol. The maximum Gasteiger partial charge on any atom is 0.410 e. The molecule has 0 aromatic heterocycles. The van der Waals surface area contributed by atoms with Gasteiger partial charge in [-0.05, 0) is 44.7 Å². The molecule has 1 aliphatic rings. The summed E-state index contributed by atoms with van der Waals surface area (Å²) in [6.07, 6.45) is 2.78. The van der Waals surface area contributed by atoms with Crippen molar-refractivity contribution in [1.82, 2.24) is 15.1 Å². The van der Waals surface area contributed by atoms with Gasteiger partial charge in [-0.2, -0.15) is 0 Å². The molecule has 1 atom stereocenters. The molecule has 1 heterocycles. The first-order valence-electron chi connectivity index (χ1n) is 13.1. The van der Waals surface area contributed by atoms with Crippen molar-refractivity contribution in [2.24, 2.45) is 0 Å². The van der Waals surface area contributed by atoms with E-state index in [0.29, 0.717) is 19.5 Å². The number of carbonyl (C=O) groups excluding carboxylic acids is 3. The summed E-state index contributed by atoms with van der Waals surface area (Å²) in [6, 6.07) is 18.6. The van der Waals surface area contributed by atoms with Gasteiger partial charge in [-0.3, -0.25) is 9.69 Å². The topological polar surface area (TPSA) is 112 Å². The Morgan fingerprint density at radius 3 is 2.31 bits per heavy atom. The number of ether oxygens (including phenoxy) is 2. The Labute approximate surface area is 230 Å². The van der Waals surface area contributed by atoms with Crippen molar-refractivity contribution in [3.63, 3.8) is 0 Å². The average molecular weight is 535 g/mol. The smallest absolute Gasteiger partial charge is 0.410 e. The zero-order valence-corrected chi connectivity index (χ0v) is 22.9. The molecule has 1 aliphatic heterocycles. The van der Waals surface area contributed by atoms with Crippen molar-refractivity contribution in [2.45, 2.75) is 58.4 Å². The molecule has 1 fully saturated rings. The van der Waals surface area contributed by atoms with E-state index in [9.17, 15) is 14.4 Å². The van der Waals surface area contributed by atoms with Crippen LogP contribution in [0.4, 0.5) is 9.59 Å². The summed E-state index contributed by atoms with van der Waals surface area (Å²) in [5.41, 5.74) is 1.33. The van der Waals surface area contributed by atoms with Crippen molar-refractivity contribution in [1.29, 1.82) is 5.41 Å². The highest BCUT2D eigenvalue weighted by atomic mass is 16.6. The number of likely N-dealkylation sites (tertiary alicyclic amines) is 1. The minimum absolute atomic E-state index is 0.0523. The standard InChI is InChI=1S/C30H38N4O5/c1-30(2,3)39-29(37)34-16-10-15-26(34)20-33(28(36)38-22-24-13-8-5-9-14-24)21-27(35)25(17-31)19-32-18-23-11-6-4-7-12-23/h4-9,11-14,17,19,26,31-32H,10,15-16,18,20-22H2,1-3H3/b25-19+,31-17?/t26-/m0/s1. The van der Waals surface area contributed by atoms with E-state index < -0.39 is 23.6 Å². The minimum atomic E-state index is -0.662. The second-order valence-electron chi connectivity index (χ2n) is 10.4. The van der Waals surface area contributed by atoms with Crippen LogP contribution in [-0.4, -0.2) is 65.3 Å². The first kappa shape index (κ1) is 29.4. The third-order valence-electron chi connectivity index (χ3n) is 6.12. The molecule has 9 heteroatoms. The van der Waals surface area contributed by atoms with Gasteiger partial charge in [-0.1, -0.05) is 60.7 Å². The normalized spacial score (nSPS) is 15.4. The number of nitrogens with one attached hydrogen (secondary N) is 2. The van der Waals surface area contributed by atoms with Gasteiger partial charge in [-0.15, -0.1) is 0 Å². The molecule has 2 aromatic carbocycles. The van der Waals surface area contributed by atoms with E-state index >= 15 is 0 Å². The zero-order valence-electron chi connectivity index (χ0n) is 22.9. The largest absolute Gasteiger partial charge is 0.445 e. The molecule has 0 saturated carbocycles. The summed E-state index contributed by atoms with van der Waals surface area (Å²) in [5, 5.41) is 10.8. The fourth-order valence-corrected chi connectivity index (χ4v) is 4.20. The Hall–Kier alpha value is -4.14. The van der Waals surface area contributed by atoms with Gasteiger partial charge in [0.1, 0.15) is 12.2 Å². The van der Waals surface area contributed by atoms with Gasteiger partial charge < -0.3 is 25.1 Å². The number of ketones is 1. The van der Waals surface area contributed by atoms with Crippen LogP contribution in [0.15, 0.2) is 72.4 Å². The van der Waals surface area contributed by atoms with Crippen LogP contribution in [0.1, 0.15) is 44.7 Å². The van der Waals surface area contributed by atoms with Crippen molar-refractivity contribution in [3.8, 4) is 0 Å². The summed E-state index contributed by atoms with van der Waals surface area (Å²) in [7, 11) is 0. The second kappa shape index (κ2) is 14.1. The summed E-state index contributed by atoms with van der Waals surface area (Å²) in [6.45, 7) is 6.28. The maximum atomic E-state index is 13.2. The van der Waals surface area contributed by atoms with Crippen molar-refractivity contribution in [3.05, 3.63) is 83.6 Å². The number of hydrogen-bond donors (Lipinski definition) is 2. The summed E-state index contributed by atoms with van der Waals surface area (Å²) in [4.78, 5) is 42.1. The molecule has 2 aromatic rings. The molecular weight excluding hydrogens is 496 g/mol. The van der Waals surface area contributed by atoms with Gasteiger partial charge in [0.2, 0.25) is 0 Å². The van der Waals surface area contributed by atoms with Crippen LogP contribution in [-0.2, 0) is 27.4 Å². The van der Waals surface area contributed by atoms with Crippen molar-refractivity contribution < 1.29 is 23.9 Å². The van der Waals surface area contributed by atoms with Crippen LogP contribution < -0.4 is 5.32 Å². The molecule has 2 N–H and O–H groups in total. The van der Waals surface area contributed by atoms with Crippen molar-refractivity contribution >= 4 is 24.2 Å². The van der Waals surface area contributed by atoms with Gasteiger partial charge >= 0.3 is 12.2 Å². The molecule has 2 amide bonds. The number of benzene rings is 2. The first-order chi connectivity index (χ1) is 18.7. The molecule has 0 radical (unpaired) electrons. The van der Waals surface area contributed by atoms with Gasteiger partial charge in [0.05, 0.1) is 18.2 Å². The number of amides is 2. The lowest BCUT2D eigenvalue weighted by molar-refractivity contribution is -0.116. The van der Waals surface area contributed by atoms with E-state index in [-0.39, 0.29) is 31.3 Å².